The van der Waals surface area contributed by atoms with Crippen molar-refractivity contribution in [3.05, 3.63) is 29.6 Å². The highest BCUT2D eigenvalue weighted by molar-refractivity contribution is 5.95. The van der Waals surface area contributed by atoms with Crippen LogP contribution in [0.25, 0.3) is 0 Å². The molecule has 0 unspecified atom stereocenters. The maximum absolute atomic E-state index is 13.4. The Morgan fingerprint density at radius 1 is 1.50 bits per heavy atom. The first-order valence-corrected chi connectivity index (χ1v) is 5.77. The second-order valence-corrected chi connectivity index (χ2v) is 4.76. The molecule has 1 saturated heterocycles. The van der Waals surface area contributed by atoms with E-state index < -0.39 is 41.4 Å². The van der Waals surface area contributed by atoms with Gasteiger partial charge in [-0.25, -0.2) is 14.2 Å². The molecule has 8 heteroatoms. The highest BCUT2D eigenvalue weighted by Gasteiger charge is 2.43. The van der Waals surface area contributed by atoms with Crippen molar-refractivity contribution in [1.82, 2.24) is 9.88 Å². The standard InChI is InChI=1S/C12H12F2N2O4/c1-12(20-4-8(17)18)5-16(6-12)11(19)7-2-3-15-10(14)9(7)13/h2-3H,4-6H2,1H3,(H,17,18). The zero-order valence-corrected chi connectivity index (χ0v) is 10.6. The molecule has 1 fully saturated rings. The van der Waals surface area contributed by atoms with Crippen LogP contribution in [0.2, 0.25) is 0 Å². The number of halogens is 2. The molecule has 20 heavy (non-hydrogen) atoms. The van der Waals surface area contributed by atoms with Crippen LogP contribution in [0.15, 0.2) is 12.3 Å². The van der Waals surface area contributed by atoms with Gasteiger partial charge in [0.15, 0.2) is 5.82 Å². The number of rotatable bonds is 4. The number of aromatic nitrogens is 1. The first-order chi connectivity index (χ1) is 9.32. The maximum Gasteiger partial charge on any atom is 0.329 e. The molecule has 0 spiro atoms. The van der Waals surface area contributed by atoms with Gasteiger partial charge in [-0.3, -0.25) is 4.79 Å². The number of carbonyl (C=O) groups is 2. The summed E-state index contributed by atoms with van der Waals surface area (Å²) in [5, 5.41) is 8.51. The van der Waals surface area contributed by atoms with E-state index in [0.717, 1.165) is 12.3 Å². The molecule has 0 bridgehead atoms. The quantitative estimate of drug-likeness (QED) is 0.823. The van der Waals surface area contributed by atoms with Gasteiger partial charge in [-0.2, -0.15) is 4.39 Å². The molecular weight excluding hydrogens is 274 g/mol. The predicted octanol–water partition coefficient (Wildman–Crippen LogP) is 0.675. The average Bonchev–Trinajstić information content (AvgIpc) is 2.35. The average molecular weight is 286 g/mol. The van der Waals surface area contributed by atoms with Crippen LogP contribution in [0.1, 0.15) is 17.3 Å². The number of carboxylic acids is 1. The van der Waals surface area contributed by atoms with Crippen molar-refractivity contribution < 1.29 is 28.2 Å². The van der Waals surface area contributed by atoms with E-state index in [1.54, 1.807) is 6.92 Å². The van der Waals surface area contributed by atoms with Crippen LogP contribution in [-0.2, 0) is 9.53 Å². The van der Waals surface area contributed by atoms with Crippen LogP contribution in [-0.4, -0.2) is 52.2 Å². The van der Waals surface area contributed by atoms with Crippen molar-refractivity contribution in [2.75, 3.05) is 19.7 Å². The minimum atomic E-state index is -1.33. The Kier molecular flexibility index (Phi) is 3.67. The Bertz CT molecular complexity index is 558. The third-order valence-electron chi connectivity index (χ3n) is 2.96. The topological polar surface area (TPSA) is 79.7 Å². The number of likely N-dealkylation sites (tertiary alicyclic amines) is 1. The van der Waals surface area contributed by atoms with Crippen molar-refractivity contribution in [3.63, 3.8) is 0 Å². The van der Waals surface area contributed by atoms with E-state index in [4.69, 9.17) is 9.84 Å². The lowest BCUT2D eigenvalue weighted by atomic mass is 9.95. The van der Waals surface area contributed by atoms with E-state index in [9.17, 15) is 18.4 Å². The summed E-state index contributed by atoms with van der Waals surface area (Å²) in [4.78, 5) is 26.7. The van der Waals surface area contributed by atoms with Crippen LogP contribution >= 0.6 is 0 Å². The summed E-state index contributed by atoms with van der Waals surface area (Å²) in [6.07, 6.45) is 1.01. The number of amides is 1. The summed E-state index contributed by atoms with van der Waals surface area (Å²) < 4.78 is 31.5. The third-order valence-corrected chi connectivity index (χ3v) is 2.96. The van der Waals surface area contributed by atoms with Crippen LogP contribution in [0.4, 0.5) is 8.78 Å². The van der Waals surface area contributed by atoms with Gasteiger partial charge in [0.25, 0.3) is 5.91 Å². The molecule has 1 amide bonds. The molecule has 108 valence electrons. The van der Waals surface area contributed by atoms with Gasteiger partial charge in [0.1, 0.15) is 12.2 Å². The van der Waals surface area contributed by atoms with E-state index in [1.165, 1.54) is 4.90 Å². The molecule has 0 radical (unpaired) electrons. The zero-order valence-electron chi connectivity index (χ0n) is 10.6. The fourth-order valence-corrected chi connectivity index (χ4v) is 1.99. The van der Waals surface area contributed by atoms with Crippen LogP contribution in [0.5, 0.6) is 0 Å². The Morgan fingerprint density at radius 3 is 2.75 bits per heavy atom. The van der Waals surface area contributed by atoms with Gasteiger partial charge in [-0.15, -0.1) is 0 Å². The lowest BCUT2D eigenvalue weighted by Crippen LogP contribution is -2.63. The Balaban J connectivity index is 2.00. The second-order valence-electron chi connectivity index (χ2n) is 4.76. The summed E-state index contributed by atoms with van der Waals surface area (Å²) in [6, 6.07) is 1.09. The molecule has 1 N–H and O–H groups in total. The lowest BCUT2D eigenvalue weighted by Gasteiger charge is -2.47. The van der Waals surface area contributed by atoms with Crippen molar-refractivity contribution in [2.24, 2.45) is 0 Å². The van der Waals surface area contributed by atoms with Gasteiger partial charge in [0.05, 0.1) is 18.7 Å². The lowest BCUT2D eigenvalue weighted by molar-refractivity contribution is -0.159. The molecule has 1 aromatic heterocycles. The predicted molar refractivity (Wildman–Crippen MR) is 62.0 cm³/mol. The molecule has 0 aliphatic carbocycles. The van der Waals surface area contributed by atoms with E-state index in [1.807, 2.05) is 0 Å². The monoisotopic (exact) mass is 286 g/mol. The van der Waals surface area contributed by atoms with Gasteiger partial charge in [0.2, 0.25) is 5.95 Å². The van der Waals surface area contributed by atoms with Crippen LogP contribution in [0.3, 0.4) is 0 Å². The van der Waals surface area contributed by atoms with E-state index >= 15 is 0 Å². The van der Waals surface area contributed by atoms with Crippen molar-refractivity contribution in [2.45, 2.75) is 12.5 Å². The number of carboxylic acid groups (broad SMARTS) is 1. The van der Waals surface area contributed by atoms with Gasteiger partial charge in [-0.05, 0) is 13.0 Å². The van der Waals surface area contributed by atoms with Gasteiger partial charge < -0.3 is 14.7 Å². The number of ether oxygens (including phenoxy) is 1. The third kappa shape index (κ3) is 2.74. The summed E-state index contributed by atoms with van der Waals surface area (Å²) in [6.45, 7) is 1.39. The van der Waals surface area contributed by atoms with Crippen LogP contribution < -0.4 is 0 Å². The number of pyridine rings is 1. The van der Waals surface area contributed by atoms with Crippen molar-refractivity contribution in [3.8, 4) is 0 Å². The summed E-state index contributed by atoms with van der Waals surface area (Å²) in [5.41, 5.74) is -1.19. The number of nitrogens with zero attached hydrogens (tertiary/aromatic N) is 2. The molecule has 1 aromatic rings. The molecule has 1 aliphatic heterocycles. The Hall–Kier alpha value is -2.09. The maximum atomic E-state index is 13.4. The number of carbonyl (C=O) groups excluding carboxylic acids is 1. The Labute approximate surface area is 113 Å². The normalized spacial score (nSPS) is 16.6. The zero-order chi connectivity index (χ0) is 14.9. The summed E-state index contributed by atoms with van der Waals surface area (Å²) in [5.74, 6) is -4.42. The highest BCUT2D eigenvalue weighted by Crippen LogP contribution is 2.27. The van der Waals surface area contributed by atoms with Gasteiger partial charge in [0, 0.05) is 6.20 Å². The minimum Gasteiger partial charge on any atom is -0.480 e. The highest BCUT2D eigenvalue weighted by atomic mass is 19.2. The number of hydrogen-bond acceptors (Lipinski definition) is 4. The fourth-order valence-electron chi connectivity index (χ4n) is 1.99. The first-order valence-electron chi connectivity index (χ1n) is 5.77. The molecule has 2 heterocycles. The number of hydrogen-bond donors (Lipinski definition) is 1. The molecule has 2 rings (SSSR count). The van der Waals surface area contributed by atoms with Gasteiger partial charge in [-0.1, -0.05) is 0 Å². The molecule has 0 aromatic carbocycles. The SMILES string of the molecule is CC1(OCC(=O)O)CN(C(=O)c2ccnc(F)c2F)C1. The van der Waals surface area contributed by atoms with E-state index in [0.29, 0.717) is 0 Å². The van der Waals surface area contributed by atoms with Gasteiger partial charge >= 0.3 is 5.97 Å². The van der Waals surface area contributed by atoms with Crippen LogP contribution in [0, 0.1) is 11.8 Å². The number of aliphatic carboxylic acids is 1. The molecule has 0 saturated carbocycles. The van der Waals surface area contributed by atoms with Crippen molar-refractivity contribution in [1.29, 1.82) is 0 Å². The minimum absolute atomic E-state index is 0.114. The fraction of sp³-hybridized carbons (Fsp3) is 0.417. The summed E-state index contributed by atoms with van der Waals surface area (Å²) in [7, 11) is 0. The molecule has 6 nitrogen and oxygen atoms in total. The Morgan fingerprint density at radius 2 is 2.15 bits per heavy atom. The van der Waals surface area contributed by atoms with E-state index in [-0.39, 0.29) is 13.1 Å². The largest absolute Gasteiger partial charge is 0.480 e. The summed E-state index contributed by atoms with van der Waals surface area (Å²) >= 11 is 0. The molecule has 0 atom stereocenters. The smallest absolute Gasteiger partial charge is 0.329 e. The molecule has 1 aliphatic rings. The first kappa shape index (κ1) is 14.3. The van der Waals surface area contributed by atoms with E-state index in [2.05, 4.69) is 4.98 Å². The molecular formula is C12H12F2N2O4. The van der Waals surface area contributed by atoms with Crippen molar-refractivity contribution >= 4 is 11.9 Å². The second kappa shape index (κ2) is 5.12.